The van der Waals surface area contributed by atoms with Gasteiger partial charge in [0.1, 0.15) is 11.5 Å². The molecule has 0 bridgehead atoms. The molecule has 0 saturated heterocycles. The number of aryl methyl sites for hydroxylation is 1. The highest BCUT2D eigenvalue weighted by Gasteiger charge is 2.42. The number of methoxy groups -OCH3 is 2. The van der Waals surface area contributed by atoms with Crippen molar-refractivity contribution in [1.82, 2.24) is 10.3 Å². The van der Waals surface area contributed by atoms with Gasteiger partial charge in [-0.25, -0.2) is 5.01 Å². The molecule has 0 aromatic heterocycles. The molecule has 2 atom stereocenters. The zero-order valence-corrected chi connectivity index (χ0v) is 16.5. The van der Waals surface area contributed by atoms with Crippen LogP contribution in [0, 0.1) is 5.92 Å². The summed E-state index contributed by atoms with van der Waals surface area (Å²) < 4.78 is 10.8. The summed E-state index contributed by atoms with van der Waals surface area (Å²) in [6.45, 7) is 0. The topological polar surface area (TPSA) is 46.1 Å². The minimum atomic E-state index is 0.0743. The Balaban J connectivity index is 1.78. The Kier molecular flexibility index (Phi) is 4.74. The molecule has 1 N–H and O–H groups in total. The van der Waals surface area contributed by atoms with E-state index in [2.05, 4.69) is 29.6 Å². The number of rotatable bonds is 3. The Morgan fingerprint density at radius 1 is 1.11 bits per heavy atom. The van der Waals surface area contributed by atoms with Crippen molar-refractivity contribution in [3.05, 3.63) is 59.2 Å². The first-order valence-electron chi connectivity index (χ1n) is 9.07. The van der Waals surface area contributed by atoms with Crippen LogP contribution in [0.15, 0.2) is 47.6 Å². The second-order valence-corrected chi connectivity index (χ2v) is 7.16. The van der Waals surface area contributed by atoms with Crippen LogP contribution < -0.4 is 14.8 Å². The van der Waals surface area contributed by atoms with Crippen molar-refractivity contribution in [2.45, 2.75) is 18.9 Å². The van der Waals surface area contributed by atoms with Gasteiger partial charge >= 0.3 is 0 Å². The average Bonchev–Trinajstić information content (AvgIpc) is 3.12. The minimum absolute atomic E-state index is 0.0743. The second kappa shape index (κ2) is 7.19. The van der Waals surface area contributed by atoms with E-state index in [9.17, 15) is 0 Å². The van der Waals surface area contributed by atoms with Crippen molar-refractivity contribution >= 4 is 23.0 Å². The SMILES string of the molecule is CNC(=S)N1N=C2c3cc(OC)ccc3CC[C@H]2[C@H]1c1ccc(OC)cc1. The van der Waals surface area contributed by atoms with Gasteiger partial charge in [-0.2, -0.15) is 5.10 Å². The number of hydrazone groups is 1. The summed E-state index contributed by atoms with van der Waals surface area (Å²) in [5.74, 6) is 1.98. The van der Waals surface area contributed by atoms with Crippen LogP contribution in [0.5, 0.6) is 11.5 Å². The van der Waals surface area contributed by atoms with E-state index in [1.54, 1.807) is 14.2 Å². The summed E-state index contributed by atoms with van der Waals surface area (Å²) in [5, 5.41) is 10.6. The van der Waals surface area contributed by atoms with E-state index in [-0.39, 0.29) is 12.0 Å². The molecule has 5 nitrogen and oxygen atoms in total. The first kappa shape index (κ1) is 17.8. The zero-order valence-electron chi connectivity index (χ0n) is 15.7. The molecule has 0 spiro atoms. The van der Waals surface area contributed by atoms with Crippen molar-refractivity contribution in [2.75, 3.05) is 21.3 Å². The van der Waals surface area contributed by atoms with E-state index in [0.717, 1.165) is 30.1 Å². The van der Waals surface area contributed by atoms with Crippen LogP contribution in [-0.2, 0) is 6.42 Å². The van der Waals surface area contributed by atoms with Crippen molar-refractivity contribution < 1.29 is 9.47 Å². The quantitative estimate of drug-likeness (QED) is 0.824. The van der Waals surface area contributed by atoms with Crippen LogP contribution in [0.3, 0.4) is 0 Å². The molecule has 0 radical (unpaired) electrons. The van der Waals surface area contributed by atoms with Crippen LogP contribution in [0.25, 0.3) is 0 Å². The fourth-order valence-corrected chi connectivity index (χ4v) is 4.19. The molecular weight excluding hydrogens is 358 g/mol. The highest BCUT2D eigenvalue weighted by Crippen LogP contribution is 2.44. The number of benzene rings is 2. The molecule has 0 saturated carbocycles. The summed E-state index contributed by atoms with van der Waals surface area (Å²) >= 11 is 5.57. The van der Waals surface area contributed by atoms with E-state index in [4.69, 9.17) is 26.8 Å². The smallest absolute Gasteiger partial charge is 0.189 e. The van der Waals surface area contributed by atoms with Crippen LogP contribution in [0.2, 0.25) is 0 Å². The Hall–Kier alpha value is -2.60. The zero-order chi connectivity index (χ0) is 19.0. The van der Waals surface area contributed by atoms with Gasteiger partial charge in [0, 0.05) is 18.5 Å². The summed E-state index contributed by atoms with van der Waals surface area (Å²) in [6.07, 6.45) is 2.06. The van der Waals surface area contributed by atoms with Crippen molar-refractivity contribution in [3.63, 3.8) is 0 Å². The molecular formula is C21H23N3O2S. The molecule has 0 amide bonds. The van der Waals surface area contributed by atoms with Gasteiger partial charge in [0.25, 0.3) is 0 Å². The normalized spacial score (nSPS) is 20.4. The minimum Gasteiger partial charge on any atom is -0.497 e. The van der Waals surface area contributed by atoms with Crippen LogP contribution in [-0.4, -0.2) is 37.1 Å². The third-order valence-corrected chi connectivity index (χ3v) is 5.80. The van der Waals surface area contributed by atoms with Crippen LogP contribution >= 0.6 is 12.2 Å². The maximum absolute atomic E-state index is 5.57. The lowest BCUT2D eigenvalue weighted by molar-refractivity contribution is 0.304. The molecule has 4 rings (SSSR count). The third kappa shape index (κ3) is 3.04. The van der Waals surface area contributed by atoms with Crippen molar-refractivity contribution in [2.24, 2.45) is 11.0 Å². The lowest BCUT2D eigenvalue weighted by Crippen LogP contribution is -2.37. The number of nitrogens with one attached hydrogen (secondary N) is 1. The summed E-state index contributed by atoms with van der Waals surface area (Å²) in [7, 11) is 5.22. The van der Waals surface area contributed by atoms with Gasteiger partial charge in [0.15, 0.2) is 5.11 Å². The number of thiocarbonyl (C=S) groups is 1. The van der Waals surface area contributed by atoms with E-state index in [0.29, 0.717) is 5.11 Å². The number of hydrogen-bond acceptors (Lipinski definition) is 4. The van der Waals surface area contributed by atoms with E-state index < -0.39 is 0 Å². The molecule has 2 aliphatic rings. The summed E-state index contributed by atoms with van der Waals surface area (Å²) in [4.78, 5) is 0. The monoisotopic (exact) mass is 381 g/mol. The number of nitrogens with zero attached hydrogens (tertiary/aromatic N) is 2. The van der Waals surface area contributed by atoms with Crippen molar-refractivity contribution in [3.8, 4) is 11.5 Å². The van der Waals surface area contributed by atoms with Gasteiger partial charge in [0.2, 0.25) is 0 Å². The molecule has 2 aromatic rings. The standard InChI is InChI=1S/C21H23N3O2S/c1-22-21(27)24-20(14-5-8-15(25-2)9-6-14)17-11-7-13-4-10-16(26-3)12-18(13)19(17)23-24/h4-6,8-10,12,17,20H,7,11H2,1-3H3,(H,22,27)/t17-,20-/m1/s1. The summed E-state index contributed by atoms with van der Waals surface area (Å²) in [5.41, 5.74) is 4.76. The fraction of sp³-hybridized carbons (Fsp3) is 0.333. The molecule has 6 heteroatoms. The van der Waals surface area contributed by atoms with Crippen LogP contribution in [0.1, 0.15) is 29.2 Å². The molecule has 27 heavy (non-hydrogen) atoms. The fourth-order valence-electron chi connectivity index (χ4n) is 4.03. The van der Waals surface area contributed by atoms with E-state index in [1.165, 1.54) is 16.7 Å². The first-order valence-corrected chi connectivity index (χ1v) is 9.47. The Morgan fingerprint density at radius 2 is 1.81 bits per heavy atom. The van der Waals surface area contributed by atoms with Crippen molar-refractivity contribution in [1.29, 1.82) is 0 Å². The Labute approximate surface area is 165 Å². The van der Waals surface area contributed by atoms with Gasteiger partial charge in [-0.1, -0.05) is 18.2 Å². The molecule has 1 aliphatic heterocycles. The van der Waals surface area contributed by atoms with Crippen LogP contribution in [0.4, 0.5) is 0 Å². The third-order valence-electron chi connectivity index (χ3n) is 5.41. The predicted octanol–water partition coefficient (Wildman–Crippen LogP) is 3.53. The average molecular weight is 382 g/mol. The van der Waals surface area contributed by atoms with Gasteiger partial charge in [-0.05, 0) is 60.5 Å². The van der Waals surface area contributed by atoms with E-state index in [1.807, 2.05) is 30.3 Å². The highest BCUT2D eigenvalue weighted by molar-refractivity contribution is 7.80. The second-order valence-electron chi connectivity index (χ2n) is 6.77. The molecule has 1 heterocycles. The van der Waals surface area contributed by atoms with Gasteiger partial charge in [-0.3, -0.25) is 0 Å². The Bertz CT molecular complexity index is 895. The first-order chi connectivity index (χ1) is 13.2. The molecule has 2 aromatic carbocycles. The molecule has 1 aliphatic carbocycles. The van der Waals surface area contributed by atoms with Gasteiger partial charge in [-0.15, -0.1) is 0 Å². The largest absolute Gasteiger partial charge is 0.497 e. The predicted molar refractivity (Wildman–Crippen MR) is 111 cm³/mol. The summed E-state index contributed by atoms with van der Waals surface area (Å²) in [6, 6.07) is 14.5. The Morgan fingerprint density at radius 3 is 2.48 bits per heavy atom. The van der Waals surface area contributed by atoms with E-state index >= 15 is 0 Å². The maximum Gasteiger partial charge on any atom is 0.189 e. The van der Waals surface area contributed by atoms with Gasteiger partial charge < -0.3 is 14.8 Å². The number of hydrogen-bond donors (Lipinski definition) is 1. The molecule has 0 unspecified atom stereocenters. The number of fused-ring (bicyclic) bond motifs is 3. The molecule has 0 fully saturated rings. The van der Waals surface area contributed by atoms with Gasteiger partial charge in [0.05, 0.1) is 26.0 Å². The lowest BCUT2D eigenvalue weighted by atomic mass is 9.77. The molecule has 140 valence electrons. The lowest BCUT2D eigenvalue weighted by Gasteiger charge is -2.30. The highest BCUT2D eigenvalue weighted by atomic mass is 32.1. The number of ether oxygens (including phenoxy) is 2. The maximum atomic E-state index is 5.57.